The first-order valence-corrected chi connectivity index (χ1v) is 4.28. The van der Waals surface area contributed by atoms with Gasteiger partial charge in [0.2, 0.25) is 0 Å². The summed E-state index contributed by atoms with van der Waals surface area (Å²) in [6, 6.07) is 8.43. The summed E-state index contributed by atoms with van der Waals surface area (Å²) in [5.74, 6) is 0. The number of anilines is 1. The zero-order valence-corrected chi connectivity index (χ0v) is 7.52. The summed E-state index contributed by atoms with van der Waals surface area (Å²) in [5, 5.41) is 6.71. The van der Waals surface area contributed by atoms with Crippen LogP contribution < -0.4 is 10.6 Å². The Labute approximate surface area is 73.0 Å². The Morgan fingerprint density at radius 1 is 1.25 bits per heavy atom. The number of fused-ring (bicyclic) bond motifs is 1. The number of nitrogens with one attached hydrogen (secondary N) is 2. The normalized spacial score (nSPS) is 19.5. The van der Waals surface area contributed by atoms with E-state index in [-0.39, 0.29) is 5.54 Å². The molecule has 2 rings (SSSR count). The SMILES string of the molecule is CC1(C)NCNc2ccccc21. The highest BCUT2D eigenvalue weighted by atomic mass is 15.1. The van der Waals surface area contributed by atoms with Crippen LogP contribution in [0, 0.1) is 0 Å². The van der Waals surface area contributed by atoms with Gasteiger partial charge < -0.3 is 5.32 Å². The molecule has 1 aromatic carbocycles. The smallest absolute Gasteiger partial charge is 0.0659 e. The molecule has 0 bridgehead atoms. The summed E-state index contributed by atoms with van der Waals surface area (Å²) in [4.78, 5) is 0. The molecule has 0 spiro atoms. The van der Waals surface area contributed by atoms with Crippen LogP contribution >= 0.6 is 0 Å². The standard InChI is InChI=1S/C10H14N2/c1-10(2)8-5-3-4-6-9(8)11-7-12-10/h3-6,11-12H,7H2,1-2H3. The van der Waals surface area contributed by atoms with E-state index in [2.05, 4.69) is 48.7 Å². The van der Waals surface area contributed by atoms with E-state index in [9.17, 15) is 0 Å². The van der Waals surface area contributed by atoms with Crippen LogP contribution in [0.1, 0.15) is 19.4 Å². The molecule has 1 aromatic rings. The third-order valence-corrected chi connectivity index (χ3v) is 2.41. The molecule has 0 atom stereocenters. The Morgan fingerprint density at radius 2 is 2.00 bits per heavy atom. The molecule has 2 nitrogen and oxygen atoms in total. The van der Waals surface area contributed by atoms with Crippen molar-refractivity contribution in [2.24, 2.45) is 0 Å². The fourth-order valence-corrected chi connectivity index (χ4v) is 1.64. The average molecular weight is 162 g/mol. The molecule has 1 aliphatic heterocycles. The van der Waals surface area contributed by atoms with Crippen LogP contribution in [0.25, 0.3) is 0 Å². The predicted octanol–water partition coefficient (Wildman–Crippen LogP) is 1.89. The van der Waals surface area contributed by atoms with Crippen LogP contribution in [0.15, 0.2) is 24.3 Å². The number of hydrogen-bond acceptors (Lipinski definition) is 2. The van der Waals surface area contributed by atoms with E-state index < -0.39 is 0 Å². The molecule has 1 aliphatic rings. The van der Waals surface area contributed by atoms with Gasteiger partial charge in [0.15, 0.2) is 0 Å². The van der Waals surface area contributed by atoms with Crippen molar-refractivity contribution in [3.05, 3.63) is 29.8 Å². The Bertz CT molecular complexity index is 292. The van der Waals surface area contributed by atoms with Crippen molar-refractivity contribution in [2.75, 3.05) is 12.0 Å². The Kier molecular flexibility index (Phi) is 1.58. The van der Waals surface area contributed by atoms with Crippen molar-refractivity contribution in [3.63, 3.8) is 0 Å². The monoisotopic (exact) mass is 162 g/mol. The highest BCUT2D eigenvalue weighted by molar-refractivity contribution is 5.55. The van der Waals surface area contributed by atoms with Crippen LogP contribution in [0.3, 0.4) is 0 Å². The summed E-state index contributed by atoms with van der Waals surface area (Å²) in [6.45, 7) is 5.25. The van der Waals surface area contributed by atoms with Crippen LogP contribution in [-0.2, 0) is 5.54 Å². The van der Waals surface area contributed by atoms with Gasteiger partial charge in [0.1, 0.15) is 0 Å². The zero-order chi connectivity index (χ0) is 8.60. The number of benzene rings is 1. The molecular formula is C10H14N2. The predicted molar refractivity (Wildman–Crippen MR) is 51.1 cm³/mol. The molecule has 0 saturated carbocycles. The maximum atomic E-state index is 3.40. The lowest BCUT2D eigenvalue weighted by atomic mass is 9.91. The number of para-hydroxylation sites is 1. The van der Waals surface area contributed by atoms with Crippen molar-refractivity contribution < 1.29 is 0 Å². The van der Waals surface area contributed by atoms with Gasteiger partial charge in [-0.1, -0.05) is 18.2 Å². The van der Waals surface area contributed by atoms with Gasteiger partial charge in [-0.2, -0.15) is 0 Å². The van der Waals surface area contributed by atoms with Gasteiger partial charge in [-0.3, -0.25) is 5.32 Å². The van der Waals surface area contributed by atoms with Crippen molar-refractivity contribution in [3.8, 4) is 0 Å². The highest BCUT2D eigenvalue weighted by Crippen LogP contribution is 2.29. The van der Waals surface area contributed by atoms with E-state index in [0.717, 1.165) is 6.67 Å². The maximum Gasteiger partial charge on any atom is 0.0659 e. The molecule has 2 N–H and O–H groups in total. The Hall–Kier alpha value is -1.02. The summed E-state index contributed by atoms with van der Waals surface area (Å²) < 4.78 is 0. The molecule has 1 heterocycles. The van der Waals surface area contributed by atoms with Gasteiger partial charge in [-0.05, 0) is 25.5 Å². The van der Waals surface area contributed by atoms with Gasteiger partial charge in [0, 0.05) is 11.2 Å². The number of hydrogen-bond donors (Lipinski definition) is 2. The molecule has 2 heteroatoms. The number of rotatable bonds is 0. The second-order valence-corrected chi connectivity index (χ2v) is 3.70. The minimum absolute atomic E-state index is 0.0991. The summed E-state index contributed by atoms with van der Waals surface area (Å²) in [5.41, 5.74) is 2.69. The minimum Gasteiger partial charge on any atom is -0.372 e. The molecule has 0 fully saturated rings. The quantitative estimate of drug-likeness (QED) is 0.608. The Balaban J connectivity index is 2.52. The van der Waals surface area contributed by atoms with Gasteiger partial charge in [-0.25, -0.2) is 0 Å². The fourth-order valence-electron chi connectivity index (χ4n) is 1.64. The second-order valence-electron chi connectivity index (χ2n) is 3.70. The molecule has 0 unspecified atom stereocenters. The van der Waals surface area contributed by atoms with Crippen LogP contribution in [0.5, 0.6) is 0 Å². The van der Waals surface area contributed by atoms with E-state index in [0.29, 0.717) is 0 Å². The van der Waals surface area contributed by atoms with Gasteiger partial charge in [0.25, 0.3) is 0 Å². The first kappa shape index (κ1) is 7.62. The largest absolute Gasteiger partial charge is 0.372 e. The van der Waals surface area contributed by atoms with E-state index >= 15 is 0 Å². The van der Waals surface area contributed by atoms with Crippen molar-refractivity contribution in [1.29, 1.82) is 0 Å². The molecule has 0 aromatic heterocycles. The summed E-state index contributed by atoms with van der Waals surface area (Å²) in [6.07, 6.45) is 0. The van der Waals surface area contributed by atoms with Crippen LogP contribution in [0.4, 0.5) is 5.69 Å². The van der Waals surface area contributed by atoms with Crippen molar-refractivity contribution in [1.82, 2.24) is 5.32 Å². The van der Waals surface area contributed by atoms with Gasteiger partial charge >= 0.3 is 0 Å². The molecule has 0 saturated heterocycles. The maximum absolute atomic E-state index is 3.40. The average Bonchev–Trinajstić information content (AvgIpc) is 2.04. The lowest BCUT2D eigenvalue weighted by molar-refractivity contribution is 0.406. The van der Waals surface area contributed by atoms with E-state index in [4.69, 9.17) is 0 Å². The lowest BCUT2D eigenvalue weighted by Crippen LogP contribution is -2.44. The third kappa shape index (κ3) is 1.08. The Morgan fingerprint density at radius 3 is 2.75 bits per heavy atom. The highest BCUT2D eigenvalue weighted by Gasteiger charge is 2.25. The van der Waals surface area contributed by atoms with Crippen molar-refractivity contribution >= 4 is 5.69 Å². The molecule has 64 valence electrons. The lowest BCUT2D eigenvalue weighted by Gasteiger charge is -2.34. The zero-order valence-electron chi connectivity index (χ0n) is 7.52. The first-order chi connectivity index (χ1) is 5.70. The van der Waals surface area contributed by atoms with Crippen LogP contribution in [-0.4, -0.2) is 6.67 Å². The topological polar surface area (TPSA) is 24.1 Å². The minimum atomic E-state index is 0.0991. The van der Waals surface area contributed by atoms with Gasteiger partial charge in [0.05, 0.1) is 6.67 Å². The first-order valence-electron chi connectivity index (χ1n) is 4.28. The molecule has 0 aliphatic carbocycles. The molecule has 0 radical (unpaired) electrons. The van der Waals surface area contributed by atoms with Crippen molar-refractivity contribution in [2.45, 2.75) is 19.4 Å². The summed E-state index contributed by atoms with van der Waals surface area (Å²) in [7, 11) is 0. The molecular weight excluding hydrogens is 148 g/mol. The van der Waals surface area contributed by atoms with Gasteiger partial charge in [-0.15, -0.1) is 0 Å². The van der Waals surface area contributed by atoms with E-state index in [1.54, 1.807) is 0 Å². The molecule has 12 heavy (non-hydrogen) atoms. The fraction of sp³-hybridized carbons (Fsp3) is 0.400. The second kappa shape index (κ2) is 2.49. The van der Waals surface area contributed by atoms with E-state index in [1.807, 2.05) is 0 Å². The van der Waals surface area contributed by atoms with Crippen LogP contribution in [0.2, 0.25) is 0 Å². The summed E-state index contributed by atoms with van der Waals surface area (Å²) >= 11 is 0. The molecule has 0 amide bonds. The third-order valence-electron chi connectivity index (χ3n) is 2.41. The van der Waals surface area contributed by atoms with E-state index in [1.165, 1.54) is 11.3 Å².